The lowest BCUT2D eigenvalue weighted by molar-refractivity contribution is 0.198. The molecule has 0 spiro atoms. The highest BCUT2D eigenvalue weighted by Crippen LogP contribution is 2.26. The first-order chi connectivity index (χ1) is 9.08. The first-order valence-corrected chi connectivity index (χ1v) is 6.92. The van der Waals surface area contributed by atoms with Crippen LogP contribution in [0.1, 0.15) is 23.6 Å². The van der Waals surface area contributed by atoms with E-state index in [0.717, 1.165) is 31.9 Å². The summed E-state index contributed by atoms with van der Waals surface area (Å²) in [5.74, 6) is 1.59. The van der Waals surface area contributed by atoms with Gasteiger partial charge in [-0.2, -0.15) is 0 Å². The smallest absolute Gasteiger partial charge is 0.122 e. The third-order valence-electron chi connectivity index (χ3n) is 3.32. The van der Waals surface area contributed by atoms with Gasteiger partial charge >= 0.3 is 0 Å². The highest BCUT2D eigenvalue weighted by molar-refractivity contribution is 5.43. The molecule has 0 fully saturated rings. The summed E-state index contributed by atoms with van der Waals surface area (Å²) in [6, 6.07) is 4.34. The van der Waals surface area contributed by atoms with Crippen LogP contribution >= 0.6 is 0 Å². The molecule has 0 heterocycles. The monoisotopic (exact) mass is 265 g/mol. The van der Waals surface area contributed by atoms with E-state index in [9.17, 15) is 0 Å². The number of benzene rings is 1. The Kier molecular flexibility index (Phi) is 6.89. The fourth-order valence-corrected chi connectivity index (χ4v) is 2.35. The van der Waals surface area contributed by atoms with Gasteiger partial charge in [0, 0.05) is 13.7 Å². The summed E-state index contributed by atoms with van der Waals surface area (Å²) in [5.41, 5.74) is 3.90. The lowest BCUT2D eigenvalue weighted by Crippen LogP contribution is -2.26. The third kappa shape index (κ3) is 5.21. The summed E-state index contributed by atoms with van der Waals surface area (Å²) in [7, 11) is 3.48. The van der Waals surface area contributed by atoms with E-state index < -0.39 is 0 Å². The Balaban J connectivity index is 2.60. The van der Waals surface area contributed by atoms with Crippen molar-refractivity contribution in [3.63, 3.8) is 0 Å². The van der Waals surface area contributed by atoms with Crippen molar-refractivity contribution >= 4 is 0 Å². The van der Waals surface area contributed by atoms with Crippen molar-refractivity contribution < 1.29 is 9.47 Å². The van der Waals surface area contributed by atoms with Crippen LogP contribution in [0.4, 0.5) is 0 Å². The minimum absolute atomic E-state index is 0.576. The second kappa shape index (κ2) is 8.18. The van der Waals surface area contributed by atoms with Gasteiger partial charge in [0.2, 0.25) is 0 Å². The van der Waals surface area contributed by atoms with E-state index in [0.29, 0.717) is 5.92 Å². The first kappa shape index (κ1) is 16.0. The van der Waals surface area contributed by atoms with Gasteiger partial charge in [0.1, 0.15) is 5.75 Å². The molecule has 1 atom stereocenters. The maximum Gasteiger partial charge on any atom is 0.122 e. The predicted octanol–water partition coefficient (Wildman–Crippen LogP) is 2.73. The van der Waals surface area contributed by atoms with Crippen molar-refractivity contribution in [2.45, 2.75) is 27.2 Å². The van der Waals surface area contributed by atoms with Gasteiger partial charge < -0.3 is 14.8 Å². The van der Waals surface area contributed by atoms with Crippen LogP contribution in [0.5, 0.6) is 5.75 Å². The minimum Gasteiger partial charge on any atom is -0.496 e. The normalized spacial score (nSPS) is 12.5. The molecule has 0 radical (unpaired) electrons. The zero-order valence-corrected chi connectivity index (χ0v) is 12.9. The molecule has 0 amide bonds. The summed E-state index contributed by atoms with van der Waals surface area (Å²) in [6.45, 7) is 9.20. The SMILES string of the molecule is COCCNCC(C)Cc1c(C)cc(C)cc1OC. The van der Waals surface area contributed by atoms with E-state index in [2.05, 4.69) is 38.2 Å². The fraction of sp³-hybridized carbons (Fsp3) is 0.625. The number of rotatable bonds is 8. The summed E-state index contributed by atoms with van der Waals surface area (Å²) in [4.78, 5) is 0. The fourth-order valence-electron chi connectivity index (χ4n) is 2.35. The molecule has 1 aromatic rings. The lowest BCUT2D eigenvalue weighted by atomic mass is 9.95. The van der Waals surface area contributed by atoms with E-state index in [4.69, 9.17) is 9.47 Å². The minimum atomic E-state index is 0.576. The van der Waals surface area contributed by atoms with Crippen molar-refractivity contribution in [1.29, 1.82) is 0 Å². The van der Waals surface area contributed by atoms with Gasteiger partial charge in [0.05, 0.1) is 13.7 Å². The maximum atomic E-state index is 5.51. The van der Waals surface area contributed by atoms with Crippen molar-refractivity contribution in [2.75, 3.05) is 33.9 Å². The molecule has 0 bridgehead atoms. The average Bonchev–Trinajstić information content (AvgIpc) is 2.37. The Morgan fingerprint density at radius 3 is 2.58 bits per heavy atom. The lowest BCUT2D eigenvalue weighted by Gasteiger charge is -2.17. The van der Waals surface area contributed by atoms with E-state index >= 15 is 0 Å². The van der Waals surface area contributed by atoms with Gasteiger partial charge in [-0.05, 0) is 55.5 Å². The summed E-state index contributed by atoms with van der Waals surface area (Å²) >= 11 is 0. The van der Waals surface area contributed by atoms with E-state index in [1.165, 1.54) is 16.7 Å². The molecule has 0 aromatic heterocycles. The third-order valence-corrected chi connectivity index (χ3v) is 3.32. The molecule has 0 aliphatic rings. The molecule has 1 N–H and O–H groups in total. The molecule has 0 saturated heterocycles. The number of ether oxygens (including phenoxy) is 2. The van der Waals surface area contributed by atoms with Crippen LogP contribution in [0.25, 0.3) is 0 Å². The van der Waals surface area contributed by atoms with Crippen LogP contribution in [-0.2, 0) is 11.2 Å². The Morgan fingerprint density at radius 1 is 1.21 bits per heavy atom. The van der Waals surface area contributed by atoms with Crippen LogP contribution in [0.15, 0.2) is 12.1 Å². The Labute approximate surface area is 117 Å². The molecule has 0 aliphatic heterocycles. The van der Waals surface area contributed by atoms with E-state index in [1.54, 1.807) is 14.2 Å². The molecular formula is C16H27NO2. The Morgan fingerprint density at radius 2 is 1.95 bits per heavy atom. The van der Waals surface area contributed by atoms with Crippen molar-refractivity contribution in [3.8, 4) is 5.75 Å². The van der Waals surface area contributed by atoms with E-state index in [1.807, 2.05) is 0 Å². The van der Waals surface area contributed by atoms with Gasteiger partial charge in [0.15, 0.2) is 0 Å². The van der Waals surface area contributed by atoms with Gasteiger partial charge in [0.25, 0.3) is 0 Å². The largest absolute Gasteiger partial charge is 0.496 e. The molecule has 1 rings (SSSR count). The number of nitrogens with one attached hydrogen (secondary N) is 1. The predicted molar refractivity (Wildman–Crippen MR) is 80.1 cm³/mol. The summed E-state index contributed by atoms with van der Waals surface area (Å²) < 4.78 is 10.5. The van der Waals surface area contributed by atoms with E-state index in [-0.39, 0.29) is 0 Å². The van der Waals surface area contributed by atoms with Gasteiger partial charge in [-0.25, -0.2) is 0 Å². The first-order valence-electron chi connectivity index (χ1n) is 6.92. The molecule has 0 saturated carbocycles. The molecule has 1 unspecified atom stereocenters. The number of methoxy groups -OCH3 is 2. The summed E-state index contributed by atoms with van der Waals surface area (Å²) in [5, 5.41) is 3.41. The second-order valence-corrected chi connectivity index (χ2v) is 5.27. The standard InChI is InChI=1S/C16H27NO2/c1-12-8-14(3)15(16(10-12)19-5)9-13(2)11-17-6-7-18-4/h8,10,13,17H,6-7,9,11H2,1-5H3. The average molecular weight is 265 g/mol. The highest BCUT2D eigenvalue weighted by atomic mass is 16.5. The number of hydrogen-bond acceptors (Lipinski definition) is 3. The topological polar surface area (TPSA) is 30.5 Å². The highest BCUT2D eigenvalue weighted by Gasteiger charge is 2.11. The quantitative estimate of drug-likeness (QED) is 0.733. The van der Waals surface area contributed by atoms with Gasteiger partial charge in [-0.15, -0.1) is 0 Å². The second-order valence-electron chi connectivity index (χ2n) is 5.27. The van der Waals surface area contributed by atoms with Crippen molar-refractivity contribution in [2.24, 2.45) is 5.92 Å². The van der Waals surface area contributed by atoms with Gasteiger partial charge in [-0.1, -0.05) is 13.0 Å². The Hall–Kier alpha value is -1.06. The zero-order chi connectivity index (χ0) is 14.3. The number of hydrogen-bond donors (Lipinski definition) is 1. The Bertz CT molecular complexity index is 391. The molecule has 3 heteroatoms. The van der Waals surface area contributed by atoms with Crippen LogP contribution in [0.2, 0.25) is 0 Å². The molecule has 19 heavy (non-hydrogen) atoms. The number of aryl methyl sites for hydroxylation is 2. The molecule has 3 nitrogen and oxygen atoms in total. The van der Waals surface area contributed by atoms with Crippen molar-refractivity contribution in [3.05, 3.63) is 28.8 Å². The van der Waals surface area contributed by atoms with Crippen LogP contribution in [0.3, 0.4) is 0 Å². The molecular weight excluding hydrogens is 238 g/mol. The van der Waals surface area contributed by atoms with Gasteiger partial charge in [-0.3, -0.25) is 0 Å². The summed E-state index contributed by atoms with van der Waals surface area (Å²) in [6.07, 6.45) is 1.04. The molecule has 0 aliphatic carbocycles. The zero-order valence-electron chi connectivity index (χ0n) is 12.9. The van der Waals surface area contributed by atoms with Crippen LogP contribution in [0, 0.1) is 19.8 Å². The molecule has 108 valence electrons. The van der Waals surface area contributed by atoms with Crippen LogP contribution in [-0.4, -0.2) is 33.9 Å². The molecule has 1 aromatic carbocycles. The van der Waals surface area contributed by atoms with Crippen LogP contribution < -0.4 is 10.1 Å². The maximum absolute atomic E-state index is 5.51. The van der Waals surface area contributed by atoms with Crippen molar-refractivity contribution in [1.82, 2.24) is 5.32 Å².